The summed E-state index contributed by atoms with van der Waals surface area (Å²) in [6.07, 6.45) is 0.763. The van der Waals surface area contributed by atoms with Gasteiger partial charge in [0.1, 0.15) is 14.3 Å². The van der Waals surface area contributed by atoms with Gasteiger partial charge in [-0.15, -0.1) is 0 Å². The lowest BCUT2D eigenvalue weighted by Crippen LogP contribution is -2.17. The molecule has 6 heteroatoms. The molecule has 0 amide bonds. The lowest BCUT2D eigenvalue weighted by Gasteiger charge is -2.20. The van der Waals surface area contributed by atoms with Crippen molar-refractivity contribution in [3.63, 3.8) is 0 Å². The van der Waals surface area contributed by atoms with Crippen molar-refractivity contribution in [2.24, 2.45) is 10.2 Å². The SMILES string of the molecule is Cc1ccc(CP(=O)(c2ccccc2)c2ccccc2)cc1N=Nc1cc(CP(=O)(c2ccccc2)c2ccccc2)ccc1C. The summed E-state index contributed by atoms with van der Waals surface area (Å²) in [4.78, 5) is 0. The number of benzene rings is 6. The summed E-state index contributed by atoms with van der Waals surface area (Å²) >= 11 is 0. The fourth-order valence-electron chi connectivity index (χ4n) is 5.68. The molecule has 6 rings (SSSR count). The van der Waals surface area contributed by atoms with E-state index in [0.717, 1.165) is 54.8 Å². The highest BCUT2D eigenvalue weighted by molar-refractivity contribution is 7.78. The first kappa shape index (κ1) is 31.4. The molecule has 0 aliphatic heterocycles. The van der Waals surface area contributed by atoms with Crippen LogP contribution in [0.15, 0.2) is 168 Å². The molecule has 4 nitrogen and oxygen atoms in total. The van der Waals surface area contributed by atoms with Crippen LogP contribution in [-0.2, 0) is 21.5 Å². The lowest BCUT2D eigenvalue weighted by atomic mass is 10.1. The zero-order chi connectivity index (χ0) is 32.0. The van der Waals surface area contributed by atoms with Crippen LogP contribution in [0, 0.1) is 13.8 Å². The second-order valence-electron chi connectivity index (χ2n) is 11.6. The van der Waals surface area contributed by atoms with E-state index in [2.05, 4.69) is 0 Å². The van der Waals surface area contributed by atoms with Gasteiger partial charge in [-0.2, -0.15) is 10.2 Å². The number of nitrogens with zero attached hydrogens (tertiary/aromatic N) is 2. The molecule has 0 heterocycles. The molecule has 6 aromatic rings. The zero-order valence-corrected chi connectivity index (χ0v) is 27.8. The number of azo groups is 1. The summed E-state index contributed by atoms with van der Waals surface area (Å²) in [5.74, 6) is 0. The third-order valence-corrected chi connectivity index (χ3v) is 14.5. The summed E-state index contributed by atoms with van der Waals surface area (Å²) in [5, 5.41) is 12.7. The third-order valence-electron chi connectivity index (χ3n) is 8.32. The average molecular weight is 639 g/mol. The Morgan fingerprint density at radius 1 is 0.413 bits per heavy atom. The van der Waals surface area contributed by atoms with Crippen molar-refractivity contribution in [3.05, 3.63) is 180 Å². The maximum atomic E-state index is 14.7. The van der Waals surface area contributed by atoms with Crippen molar-refractivity contribution < 1.29 is 9.13 Å². The Bertz CT molecular complexity index is 1830. The summed E-state index contributed by atoms with van der Waals surface area (Å²) in [7, 11) is -5.88. The summed E-state index contributed by atoms with van der Waals surface area (Å²) in [6, 6.07) is 51.0. The molecule has 0 spiro atoms. The molecule has 46 heavy (non-hydrogen) atoms. The fourth-order valence-corrected chi connectivity index (χ4v) is 11.0. The van der Waals surface area contributed by atoms with Crippen molar-refractivity contribution >= 4 is 46.9 Å². The van der Waals surface area contributed by atoms with Crippen LogP contribution in [0.5, 0.6) is 0 Å². The van der Waals surface area contributed by atoms with Crippen molar-refractivity contribution in [1.82, 2.24) is 0 Å². The first-order valence-corrected chi connectivity index (χ1v) is 19.1. The van der Waals surface area contributed by atoms with Crippen LogP contribution in [0.1, 0.15) is 22.3 Å². The Hall–Kier alpha value is -4.62. The Balaban J connectivity index is 1.31. The van der Waals surface area contributed by atoms with Crippen molar-refractivity contribution in [2.45, 2.75) is 26.2 Å². The maximum absolute atomic E-state index is 14.7. The van der Waals surface area contributed by atoms with Gasteiger partial charge < -0.3 is 9.13 Å². The van der Waals surface area contributed by atoms with Gasteiger partial charge in [-0.25, -0.2) is 0 Å². The van der Waals surface area contributed by atoms with Crippen LogP contribution >= 0.6 is 14.3 Å². The molecule has 0 saturated carbocycles. The van der Waals surface area contributed by atoms with Gasteiger partial charge in [0.2, 0.25) is 0 Å². The van der Waals surface area contributed by atoms with Gasteiger partial charge in [0.25, 0.3) is 0 Å². The molecular formula is C40H36N2O2P2. The van der Waals surface area contributed by atoms with Gasteiger partial charge in [-0.05, 0) is 48.2 Å². The quantitative estimate of drug-likeness (QED) is 0.111. The van der Waals surface area contributed by atoms with Crippen LogP contribution in [0.4, 0.5) is 11.4 Å². The largest absolute Gasteiger partial charge is 0.313 e. The minimum absolute atomic E-state index is 0.382. The van der Waals surface area contributed by atoms with Gasteiger partial charge >= 0.3 is 0 Å². The number of aryl methyl sites for hydroxylation is 2. The smallest absolute Gasteiger partial charge is 0.147 e. The summed E-state index contributed by atoms with van der Waals surface area (Å²) in [5.41, 5.74) is 5.30. The molecule has 6 aromatic carbocycles. The molecular weight excluding hydrogens is 602 g/mol. The summed E-state index contributed by atoms with van der Waals surface area (Å²) < 4.78 is 29.4. The van der Waals surface area contributed by atoms with Crippen LogP contribution in [-0.4, -0.2) is 0 Å². The molecule has 0 aliphatic carbocycles. The molecule has 0 unspecified atom stereocenters. The normalized spacial score (nSPS) is 12.0. The average Bonchev–Trinajstić information content (AvgIpc) is 3.11. The predicted octanol–water partition coefficient (Wildman–Crippen LogP) is 9.75. The second kappa shape index (κ2) is 13.8. The first-order chi connectivity index (χ1) is 22.3. The van der Waals surface area contributed by atoms with Crippen molar-refractivity contribution in [2.75, 3.05) is 0 Å². The topological polar surface area (TPSA) is 58.9 Å². The standard InChI is InChI=1S/C40H36N2O2P2/c1-31-23-25-33(29-45(43,35-15-7-3-8-16-35)36-17-9-4-10-18-36)27-39(31)41-42-40-28-34(26-24-32(40)2)30-46(44,37-19-11-5-12-20-37)38-21-13-6-14-22-38/h3-28H,29-30H2,1-2H3. The maximum Gasteiger partial charge on any atom is 0.147 e. The second-order valence-corrected chi connectivity index (χ2v) is 17.2. The minimum atomic E-state index is -2.94. The van der Waals surface area contributed by atoms with E-state index in [4.69, 9.17) is 10.2 Å². The fraction of sp³-hybridized carbons (Fsp3) is 0.100. The molecule has 0 aliphatic rings. The van der Waals surface area contributed by atoms with Crippen LogP contribution in [0.25, 0.3) is 0 Å². The third kappa shape index (κ3) is 6.80. The molecule has 0 N–H and O–H groups in total. The van der Waals surface area contributed by atoms with Crippen LogP contribution < -0.4 is 21.2 Å². The van der Waals surface area contributed by atoms with E-state index < -0.39 is 14.3 Å². The van der Waals surface area contributed by atoms with Crippen LogP contribution in [0.3, 0.4) is 0 Å². The van der Waals surface area contributed by atoms with Gasteiger partial charge in [0, 0.05) is 33.5 Å². The zero-order valence-electron chi connectivity index (χ0n) is 26.0. The van der Waals surface area contributed by atoms with E-state index in [1.54, 1.807) is 0 Å². The van der Waals surface area contributed by atoms with E-state index in [0.29, 0.717) is 12.3 Å². The highest BCUT2D eigenvalue weighted by Crippen LogP contribution is 2.48. The van der Waals surface area contributed by atoms with Crippen LogP contribution in [0.2, 0.25) is 0 Å². The van der Waals surface area contributed by atoms with Gasteiger partial charge in [-0.1, -0.05) is 146 Å². The van der Waals surface area contributed by atoms with E-state index in [9.17, 15) is 9.13 Å². The number of hydrogen-bond acceptors (Lipinski definition) is 4. The molecule has 0 bridgehead atoms. The molecule has 0 radical (unpaired) electrons. The Morgan fingerprint density at radius 3 is 0.978 bits per heavy atom. The molecule has 0 aromatic heterocycles. The van der Waals surface area contributed by atoms with Crippen molar-refractivity contribution in [1.29, 1.82) is 0 Å². The Morgan fingerprint density at radius 2 is 0.696 bits per heavy atom. The first-order valence-electron chi connectivity index (χ1n) is 15.4. The van der Waals surface area contributed by atoms with E-state index >= 15 is 0 Å². The van der Waals surface area contributed by atoms with E-state index in [1.165, 1.54) is 0 Å². The highest BCUT2D eigenvalue weighted by atomic mass is 31.2. The van der Waals surface area contributed by atoms with Gasteiger partial charge in [-0.3, -0.25) is 0 Å². The highest BCUT2D eigenvalue weighted by Gasteiger charge is 2.29. The summed E-state index contributed by atoms with van der Waals surface area (Å²) in [6.45, 7) is 4.01. The number of hydrogen-bond donors (Lipinski definition) is 0. The molecule has 0 fully saturated rings. The Labute approximate surface area is 271 Å². The monoisotopic (exact) mass is 638 g/mol. The minimum Gasteiger partial charge on any atom is -0.313 e. The van der Waals surface area contributed by atoms with E-state index in [-0.39, 0.29) is 0 Å². The molecule has 228 valence electrons. The van der Waals surface area contributed by atoms with E-state index in [1.807, 2.05) is 172 Å². The molecule has 0 saturated heterocycles. The molecule has 0 atom stereocenters. The van der Waals surface area contributed by atoms with Gasteiger partial charge in [0.05, 0.1) is 11.4 Å². The predicted molar refractivity (Wildman–Crippen MR) is 193 cm³/mol. The van der Waals surface area contributed by atoms with Gasteiger partial charge in [0.15, 0.2) is 0 Å². The Kier molecular flexibility index (Phi) is 9.41. The number of rotatable bonds is 10. The van der Waals surface area contributed by atoms with Crippen molar-refractivity contribution in [3.8, 4) is 0 Å². The lowest BCUT2D eigenvalue weighted by molar-refractivity contribution is 0.585.